The van der Waals surface area contributed by atoms with Crippen LogP contribution in [-0.2, 0) is 9.53 Å². The average molecular weight is 273 g/mol. The van der Waals surface area contributed by atoms with Crippen LogP contribution in [0.15, 0.2) is 18.2 Å². The van der Waals surface area contributed by atoms with Crippen molar-refractivity contribution in [2.75, 3.05) is 4.90 Å². The largest absolute Gasteiger partial charge is 0.524 e. The first-order valence-electron chi connectivity index (χ1n) is 5.44. The second-order valence-electron chi connectivity index (χ2n) is 4.19. The summed E-state index contributed by atoms with van der Waals surface area (Å²) in [5.41, 5.74) is 0.978. The van der Waals surface area contributed by atoms with Crippen LogP contribution in [0.5, 0.6) is 0 Å². The third-order valence-corrected chi connectivity index (χ3v) is 2.74. The minimum absolute atomic E-state index is 0.0997. The molecule has 1 amide bonds. The summed E-state index contributed by atoms with van der Waals surface area (Å²) in [7, 11) is 0. The smallest absolute Gasteiger partial charge is 0.283 e. The molecule has 0 aliphatic carbocycles. The number of ether oxygens (including phenoxy) is 1. The number of halogens is 3. The van der Waals surface area contributed by atoms with Gasteiger partial charge in [0.1, 0.15) is 6.23 Å². The Kier molecular flexibility index (Phi) is 3.09. The van der Waals surface area contributed by atoms with Crippen LogP contribution in [0.2, 0.25) is 0 Å². The van der Waals surface area contributed by atoms with Crippen molar-refractivity contribution in [1.82, 2.24) is 0 Å². The fourth-order valence-corrected chi connectivity index (χ4v) is 1.98. The molecule has 1 unspecified atom stereocenters. The maximum Gasteiger partial charge on any atom is 0.524 e. The highest BCUT2D eigenvalue weighted by molar-refractivity contribution is 6.52. The predicted octanol–water partition coefficient (Wildman–Crippen LogP) is 2.41. The van der Waals surface area contributed by atoms with Crippen molar-refractivity contribution in [2.45, 2.75) is 26.4 Å². The van der Waals surface area contributed by atoms with E-state index in [0.29, 0.717) is 4.90 Å². The molecule has 19 heavy (non-hydrogen) atoms. The van der Waals surface area contributed by atoms with Gasteiger partial charge < -0.3 is 0 Å². The lowest BCUT2D eigenvalue weighted by Crippen LogP contribution is -2.42. The van der Waals surface area contributed by atoms with E-state index >= 15 is 0 Å². The lowest BCUT2D eigenvalue weighted by Gasteiger charge is -2.25. The number of hydrogen-bond donors (Lipinski definition) is 0. The Hall–Kier alpha value is -1.89. The van der Waals surface area contributed by atoms with Crippen LogP contribution in [0, 0.1) is 6.92 Å². The summed E-state index contributed by atoms with van der Waals surface area (Å²) in [6.45, 7) is 2.78. The molecule has 2 rings (SSSR count). The number of hydrogen-bond acceptors (Lipinski definition) is 3. The molecule has 0 radical (unpaired) electrons. The lowest BCUT2D eigenvalue weighted by molar-refractivity contribution is -0.339. The van der Waals surface area contributed by atoms with Gasteiger partial charge >= 0.3 is 12.3 Å². The molecule has 0 fully saturated rings. The van der Waals surface area contributed by atoms with Gasteiger partial charge in [0, 0.05) is 0 Å². The van der Waals surface area contributed by atoms with Crippen LogP contribution in [0.3, 0.4) is 0 Å². The summed E-state index contributed by atoms with van der Waals surface area (Å²) in [5.74, 6) is -1.84. The number of fused-ring (bicyclic) bond motifs is 1. The van der Waals surface area contributed by atoms with Crippen LogP contribution >= 0.6 is 0 Å². The number of Topliss-reactive ketones (excluding diaryl/α,β-unsaturated/α-hetero) is 1. The zero-order valence-corrected chi connectivity index (χ0v) is 10.1. The van der Waals surface area contributed by atoms with Crippen LogP contribution in [0.4, 0.5) is 18.9 Å². The van der Waals surface area contributed by atoms with Gasteiger partial charge in [0.05, 0.1) is 11.3 Å². The molecule has 1 heterocycles. The Labute approximate surface area is 106 Å². The van der Waals surface area contributed by atoms with Gasteiger partial charge in [-0.1, -0.05) is 11.6 Å². The summed E-state index contributed by atoms with van der Waals surface area (Å²) >= 11 is 0. The molecule has 0 saturated carbocycles. The van der Waals surface area contributed by atoms with E-state index in [1.54, 1.807) is 13.0 Å². The fraction of sp³-hybridized carbons (Fsp3) is 0.333. The standard InChI is InChI=1S/C12H10F3NO3/c1-6-3-4-9-8(5-6)10(17)11(18)16(9)7(2)19-12(13,14)15/h3-5,7H,1-2H3. The van der Waals surface area contributed by atoms with Crippen molar-refractivity contribution in [3.63, 3.8) is 0 Å². The van der Waals surface area contributed by atoms with Gasteiger partial charge in [-0.05, 0) is 26.0 Å². The molecular weight excluding hydrogens is 263 g/mol. The number of alkyl halides is 3. The molecule has 0 saturated heterocycles. The molecule has 0 spiro atoms. The molecule has 1 aromatic rings. The molecule has 1 aliphatic heterocycles. The Morgan fingerprint density at radius 3 is 2.47 bits per heavy atom. The number of amides is 1. The van der Waals surface area contributed by atoms with Crippen molar-refractivity contribution in [3.05, 3.63) is 29.3 Å². The van der Waals surface area contributed by atoms with Crippen molar-refractivity contribution in [1.29, 1.82) is 0 Å². The van der Waals surface area contributed by atoms with Crippen molar-refractivity contribution < 1.29 is 27.5 Å². The minimum atomic E-state index is -4.88. The van der Waals surface area contributed by atoms with Gasteiger partial charge in [0.15, 0.2) is 0 Å². The zero-order valence-electron chi connectivity index (χ0n) is 10.1. The fourth-order valence-electron chi connectivity index (χ4n) is 1.98. The highest BCUT2D eigenvalue weighted by Crippen LogP contribution is 2.33. The summed E-state index contributed by atoms with van der Waals surface area (Å²) in [6.07, 6.45) is -6.48. The monoisotopic (exact) mass is 273 g/mol. The third kappa shape index (κ3) is 2.46. The molecule has 0 bridgehead atoms. The number of benzene rings is 1. The number of rotatable bonds is 2. The van der Waals surface area contributed by atoms with Crippen LogP contribution in [0.1, 0.15) is 22.8 Å². The van der Waals surface area contributed by atoms with E-state index < -0.39 is 24.3 Å². The number of carbonyl (C=O) groups is 2. The highest BCUT2D eigenvalue weighted by atomic mass is 19.4. The van der Waals surface area contributed by atoms with E-state index in [2.05, 4.69) is 4.74 Å². The van der Waals surface area contributed by atoms with E-state index in [0.717, 1.165) is 12.5 Å². The summed E-state index contributed by atoms with van der Waals surface area (Å²) in [5, 5.41) is 0. The first kappa shape index (κ1) is 13.5. The van der Waals surface area contributed by atoms with E-state index in [1.807, 2.05) is 0 Å². The number of anilines is 1. The van der Waals surface area contributed by atoms with Gasteiger partial charge in [0.25, 0.3) is 5.78 Å². The number of nitrogens with zero attached hydrogens (tertiary/aromatic N) is 1. The molecule has 4 nitrogen and oxygen atoms in total. The Morgan fingerprint density at radius 2 is 1.89 bits per heavy atom. The second kappa shape index (κ2) is 4.34. The van der Waals surface area contributed by atoms with Gasteiger partial charge in [-0.25, -0.2) is 0 Å². The Balaban J connectivity index is 2.39. The van der Waals surface area contributed by atoms with E-state index in [4.69, 9.17) is 0 Å². The van der Waals surface area contributed by atoms with Gasteiger partial charge in [-0.15, -0.1) is 13.2 Å². The normalized spacial score (nSPS) is 16.8. The van der Waals surface area contributed by atoms with Crippen LogP contribution in [-0.4, -0.2) is 24.3 Å². The minimum Gasteiger partial charge on any atom is -0.283 e. The molecule has 1 aromatic carbocycles. The molecule has 1 aliphatic rings. The molecular formula is C12H10F3NO3. The average Bonchev–Trinajstić information content (AvgIpc) is 2.50. The second-order valence-corrected chi connectivity index (χ2v) is 4.19. The predicted molar refractivity (Wildman–Crippen MR) is 59.6 cm³/mol. The lowest BCUT2D eigenvalue weighted by atomic mass is 10.1. The zero-order chi connectivity index (χ0) is 14.4. The van der Waals surface area contributed by atoms with Crippen LogP contribution < -0.4 is 4.90 Å². The highest BCUT2D eigenvalue weighted by Gasteiger charge is 2.43. The number of carbonyl (C=O) groups excluding carboxylic acids is 2. The first-order valence-corrected chi connectivity index (χ1v) is 5.44. The third-order valence-electron chi connectivity index (χ3n) is 2.74. The molecule has 0 N–H and O–H groups in total. The molecule has 102 valence electrons. The molecule has 7 heteroatoms. The number of ketones is 1. The van der Waals surface area contributed by atoms with Gasteiger partial charge in [-0.2, -0.15) is 0 Å². The summed E-state index contributed by atoms with van der Waals surface area (Å²) in [6, 6.07) is 4.51. The Bertz CT molecular complexity index is 554. The van der Waals surface area contributed by atoms with Crippen molar-refractivity contribution >= 4 is 17.4 Å². The first-order chi connectivity index (χ1) is 8.70. The van der Waals surface area contributed by atoms with Crippen molar-refractivity contribution in [2.24, 2.45) is 0 Å². The quantitative estimate of drug-likeness (QED) is 0.777. The van der Waals surface area contributed by atoms with Crippen molar-refractivity contribution in [3.8, 4) is 0 Å². The number of aryl methyl sites for hydroxylation is 1. The maximum absolute atomic E-state index is 12.2. The van der Waals surface area contributed by atoms with Gasteiger partial charge in [0.2, 0.25) is 0 Å². The SMILES string of the molecule is Cc1ccc2c(c1)C(=O)C(=O)N2C(C)OC(F)(F)F. The van der Waals surface area contributed by atoms with Crippen LogP contribution in [0.25, 0.3) is 0 Å². The van der Waals surface area contributed by atoms with Gasteiger partial charge in [-0.3, -0.25) is 19.2 Å². The summed E-state index contributed by atoms with van der Waals surface area (Å²) in [4.78, 5) is 24.1. The van der Waals surface area contributed by atoms with E-state index in [9.17, 15) is 22.8 Å². The topological polar surface area (TPSA) is 46.6 Å². The molecule has 1 atom stereocenters. The summed E-state index contributed by atoms with van der Waals surface area (Å²) < 4.78 is 40.3. The Morgan fingerprint density at radius 1 is 1.26 bits per heavy atom. The molecule has 0 aromatic heterocycles. The van der Waals surface area contributed by atoms with E-state index in [1.165, 1.54) is 12.1 Å². The van der Waals surface area contributed by atoms with E-state index in [-0.39, 0.29) is 11.3 Å². The maximum atomic E-state index is 12.2.